The van der Waals surface area contributed by atoms with Crippen LogP contribution in [0, 0.1) is 17.8 Å². The summed E-state index contributed by atoms with van der Waals surface area (Å²) in [5, 5.41) is 8.87. The molecule has 0 heterocycles. The maximum absolute atomic E-state index is 11.4. The Hall–Kier alpha value is -0.530. The molecule has 0 rings (SSSR count). The second kappa shape index (κ2) is 12.8. The van der Waals surface area contributed by atoms with Gasteiger partial charge in [0.05, 0.1) is 0 Å². The summed E-state index contributed by atoms with van der Waals surface area (Å²) in [4.78, 5) is 33.7. The van der Waals surface area contributed by atoms with E-state index in [0.717, 1.165) is 19.3 Å². The summed E-state index contributed by atoms with van der Waals surface area (Å²) >= 11 is 2.58. The number of thioether (sulfide) groups is 2. The van der Waals surface area contributed by atoms with Crippen LogP contribution in [-0.4, -0.2) is 32.9 Å². The number of carbonyl (C=O) groups is 3. The van der Waals surface area contributed by atoms with Gasteiger partial charge in [0.25, 0.3) is 0 Å². The molecule has 1 atom stereocenters. The maximum Gasteiger partial charge on any atom is 0.243 e. The first kappa shape index (κ1) is 22.5. The predicted octanol–water partition coefficient (Wildman–Crippen LogP) is 3.50. The van der Waals surface area contributed by atoms with E-state index in [1.807, 2.05) is 0 Å². The van der Waals surface area contributed by atoms with Crippen molar-refractivity contribution in [1.82, 2.24) is 5.48 Å². The summed E-state index contributed by atoms with van der Waals surface area (Å²) in [5.74, 6) is 2.00. The lowest BCUT2D eigenvalue weighted by molar-refractivity contribution is -0.130. The van der Waals surface area contributed by atoms with Crippen molar-refractivity contribution in [3.63, 3.8) is 0 Å². The van der Waals surface area contributed by atoms with E-state index < -0.39 is 0 Å². The second-order valence-electron chi connectivity index (χ2n) is 6.28. The Morgan fingerprint density at radius 2 is 1.43 bits per heavy atom. The molecule has 0 spiro atoms. The van der Waals surface area contributed by atoms with Crippen LogP contribution in [0.2, 0.25) is 0 Å². The van der Waals surface area contributed by atoms with Gasteiger partial charge < -0.3 is 0 Å². The van der Waals surface area contributed by atoms with Gasteiger partial charge in [-0.25, -0.2) is 5.48 Å². The van der Waals surface area contributed by atoms with Crippen molar-refractivity contribution in [2.45, 2.75) is 53.4 Å². The molecule has 2 N–H and O–H groups in total. The summed E-state index contributed by atoms with van der Waals surface area (Å²) < 4.78 is 0. The summed E-state index contributed by atoms with van der Waals surface area (Å²) in [7, 11) is 0. The summed E-state index contributed by atoms with van der Waals surface area (Å²) in [6, 6.07) is 0. The van der Waals surface area contributed by atoms with E-state index in [1.54, 1.807) is 19.3 Å². The highest BCUT2D eigenvalue weighted by Gasteiger charge is 2.19. The Morgan fingerprint density at radius 3 is 1.83 bits per heavy atom. The Morgan fingerprint density at radius 1 is 0.957 bits per heavy atom. The first-order valence-corrected chi connectivity index (χ1v) is 9.91. The zero-order valence-electron chi connectivity index (χ0n) is 14.5. The van der Waals surface area contributed by atoms with Gasteiger partial charge in [-0.1, -0.05) is 37.4 Å². The van der Waals surface area contributed by atoms with Crippen molar-refractivity contribution >= 4 is 39.7 Å². The lowest BCUT2D eigenvalue weighted by Crippen LogP contribution is -2.23. The Kier molecular flexibility index (Phi) is 12.5. The minimum absolute atomic E-state index is 0.0845. The molecular weight excluding hydrogens is 334 g/mol. The van der Waals surface area contributed by atoms with Gasteiger partial charge in [0.2, 0.25) is 5.91 Å². The molecule has 0 aliphatic rings. The minimum atomic E-state index is -0.358. The molecule has 7 heteroatoms. The highest BCUT2D eigenvalue weighted by molar-refractivity contribution is 8.14. The zero-order chi connectivity index (χ0) is 17.8. The van der Waals surface area contributed by atoms with Gasteiger partial charge in [0.1, 0.15) is 0 Å². The molecule has 0 aliphatic heterocycles. The number of rotatable bonds is 11. The largest absolute Gasteiger partial charge is 0.289 e. The molecule has 0 radical (unpaired) electrons. The Bertz CT molecular complexity index is 370. The number of hydroxylamine groups is 1. The molecule has 0 bridgehead atoms. The van der Waals surface area contributed by atoms with E-state index in [9.17, 15) is 14.4 Å². The number of carbonyl (C=O) groups excluding carboxylic acids is 3. The van der Waals surface area contributed by atoms with Crippen LogP contribution in [0.3, 0.4) is 0 Å². The van der Waals surface area contributed by atoms with Crippen molar-refractivity contribution < 1.29 is 19.6 Å². The van der Waals surface area contributed by atoms with E-state index in [1.165, 1.54) is 23.5 Å². The number of hydrogen-bond donors (Lipinski definition) is 2. The van der Waals surface area contributed by atoms with Crippen molar-refractivity contribution in [2.75, 3.05) is 11.5 Å². The third kappa shape index (κ3) is 13.6. The van der Waals surface area contributed by atoms with Gasteiger partial charge >= 0.3 is 0 Å². The molecule has 0 unspecified atom stereocenters. The summed E-state index contributed by atoms with van der Waals surface area (Å²) in [6.07, 6.45) is 2.95. The molecule has 0 saturated carbocycles. The van der Waals surface area contributed by atoms with Gasteiger partial charge in [-0.15, -0.1) is 0 Å². The molecule has 0 aromatic heterocycles. The van der Waals surface area contributed by atoms with Crippen molar-refractivity contribution in [3.05, 3.63) is 0 Å². The topological polar surface area (TPSA) is 83.5 Å². The van der Waals surface area contributed by atoms with E-state index in [4.69, 9.17) is 5.21 Å². The number of hydrogen-bond acceptors (Lipinski definition) is 6. The Balaban J connectivity index is 4.54. The molecule has 0 aromatic carbocycles. The first-order chi connectivity index (χ1) is 10.7. The van der Waals surface area contributed by atoms with Crippen molar-refractivity contribution in [3.8, 4) is 0 Å². The quantitative estimate of drug-likeness (QED) is 0.432. The van der Waals surface area contributed by atoms with Crippen LogP contribution in [0.4, 0.5) is 0 Å². The SMILES string of the molecule is CC(=O)SCC(CC[C@@H](CC(=O)NO)CC(C)C)CSC(C)=O. The fourth-order valence-electron chi connectivity index (χ4n) is 2.43. The average molecular weight is 364 g/mol. The molecule has 0 saturated heterocycles. The molecular formula is C16H29NO4S2. The molecule has 1 amide bonds. The van der Waals surface area contributed by atoms with Crippen LogP contribution in [-0.2, 0) is 14.4 Å². The number of nitrogens with one attached hydrogen (secondary N) is 1. The first-order valence-electron chi connectivity index (χ1n) is 7.94. The fourth-order valence-corrected chi connectivity index (χ4v) is 4.09. The average Bonchev–Trinajstić information content (AvgIpc) is 2.44. The maximum atomic E-state index is 11.4. The van der Waals surface area contributed by atoms with Crippen molar-refractivity contribution in [1.29, 1.82) is 0 Å². The molecule has 0 aromatic rings. The lowest BCUT2D eigenvalue weighted by atomic mass is 9.88. The normalized spacial score (nSPS) is 12.5. The second-order valence-corrected chi connectivity index (χ2v) is 8.68. The summed E-state index contributed by atoms with van der Waals surface area (Å²) in [5.41, 5.74) is 1.70. The van der Waals surface area contributed by atoms with Gasteiger partial charge in [0.15, 0.2) is 10.2 Å². The van der Waals surface area contributed by atoms with Crippen LogP contribution >= 0.6 is 23.5 Å². The zero-order valence-corrected chi connectivity index (χ0v) is 16.1. The van der Waals surface area contributed by atoms with Gasteiger partial charge in [0, 0.05) is 31.8 Å². The molecule has 5 nitrogen and oxygen atoms in total. The standard InChI is InChI=1S/C16H29NO4S2/c1-11(2)7-14(8-16(20)17-21)5-6-15(9-22-12(3)18)10-23-13(4)19/h11,14-15,21H,5-10H2,1-4H3,(H,17,20)/t14-/m1/s1. The van der Waals surface area contributed by atoms with Crippen molar-refractivity contribution in [2.24, 2.45) is 17.8 Å². The van der Waals surface area contributed by atoms with E-state index >= 15 is 0 Å². The highest BCUT2D eigenvalue weighted by atomic mass is 32.2. The highest BCUT2D eigenvalue weighted by Crippen LogP contribution is 2.26. The van der Waals surface area contributed by atoms with Gasteiger partial charge in [-0.3, -0.25) is 19.6 Å². The van der Waals surface area contributed by atoms with Gasteiger partial charge in [-0.2, -0.15) is 0 Å². The smallest absolute Gasteiger partial charge is 0.243 e. The van der Waals surface area contributed by atoms with E-state index in [0.29, 0.717) is 23.8 Å². The van der Waals surface area contributed by atoms with Gasteiger partial charge in [-0.05, 0) is 37.0 Å². The van der Waals surface area contributed by atoms with Crippen LogP contribution in [0.5, 0.6) is 0 Å². The van der Waals surface area contributed by atoms with Crippen LogP contribution in [0.25, 0.3) is 0 Å². The molecule has 0 aliphatic carbocycles. The number of amides is 1. The summed E-state index contributed by atoms with van der Waals surface area (Å²) in [6.45, 7) is 7.32. The fraction of sp³-hybridized carbons (Fsp3) is 0.812. The van der Waals surface area contributed by atoms with E-state index in [-0.39, 0.29) is 28.0 Å². The third-order valence-corrected chi connectivity index (χ3v) is 5.52. The third-order valence-electron chi connectivity index (χ3n) is 3.43. The van der Waals surface area contributed by atoms with E-state index in [2.05, 4.69) is 13.8 Å². The minimum Gasteiger partial charge on any atom is -0.289 e. The lowest BCUT2D eigenvalue weighted by Gasteiger charge is -2.21. The van der Waals surface area contributed by atoms with Crippen LogP contribution in [0.15, 0.2) is 0 Å². The van der Waals surface area contributed by atoms with Crippen LogP contribution in [0.1, 0.15) is 53.4 Å². The molecule has 134 valence electrons. The Labute approximate surface area is 147 Å². The van der Waals surface area contributed by atoms with Crippen LogP contribution < -0.4 is 5.48 Å². The predicted molar refractivity (Wildman–Crippen MR) is 96.5 cm³/mol. The molecule has 23 heavy (non-hydrogen) atoms. The monoisotopic (exact) mass is 363 g/mol. The molecule has 0 fully saturated rings.